The van der Waals surface area contributed by atoms with E-state index in [1.165, 1.54) is 0 Å². The van der Waals surface area contributed by atoms with Crippen LogP contribution in [0.5, 0.6) is 0 Å². The van der Waals surface area contributed by atoms with Crippen molar-refractivity contribution in [2.24, 2.45) is 5.92 Å². The van der Waals surface area contributed by atoms with Crippen LogP contribution in [0.25, 0.3) is 0 Å². The molecule has 0 fully saturated rings. The molecule has 0 saturated carbocycles. The Hall–Kier alpha value is -0.180. The van der Waals surface area contributed by atoms with Crippen LogP contribution in [0, 0.1) is 5.92 Å². The number of hydrogen-bond donors (Lipinski definition) is 2. The largest absolute Gasteiger partial charge is 0.352 e. The molecule has 0 aliphatic carbocycles. The van der Waals surface area contributed by atoms with Gasteiger partial charge in [-0.15, -0.1) is 0 Å². The molecule has 1 amide bonds. The fraction of sp³-hybridized carbons (Fsp3) is 0.900. The summed E-state index contributed by atoms with van der Waals surface area (Å²) in [5.74, 6) is 0.487. The van der Waals surface area contributed by atoms with Crippen molar-refractivity contribution in [2.75, 3.05) is 0 Å². The molecule has 0 aromatic rings. The van der Waals surface area contributed by atoms with Gasteiger partial charge in [-0.25, -0.2) is 0 Å². The molecule has 0 spiro atoms. The van der Waals surface area contributed by atoms with Crippen LogP contribution in [0.3, 0.4) is 0 Å². The lowest BCUT2D eigenvalue weighted by atomic mass is 10.0. The van der Waals surface area contributed by atoms with Crippen molar-refractivity contribution in [1.29, 1.82) is 0 Å². The highest BCUT2D eigenvalue weighted by molar-refractivity contribution is 7.82. The Balaban J connectivity index is 4.18. The maximum atomic E-state index is 11.6. The zero-order valence-electron chi connectivity index (χ0n) is 9.22. The number of carbonyl (C=O) groups excluding carboxylic acids is 1. The Kier molecular flexibility index (Phi) is 4.82. The molecule has 0 aliphatic rings. The molecule has 0 saturated heterocycles. The standard InChI is InChI=1S/C10H21NOS/c1-6-8(7(2)3)11-9(12)10(4,5)13/h7-8,13H,6H2,1-5H3,(H,11,12). The van der Waals surface area contributed by atoms with Crippen molar-refractivity contribution in [3.8, 4) is 0 Å². The van der Waals surface area contributed by atoms with Gasteiger partial charge in [-0.1, -0.05) is 20.8 Å². The second-order valence-electron chi connectivity index (χ2n) is 4.29. The van der Waals surface area contributed by atoms with Crippen LogP contribution in [0.1, 0.15) is 41.0 Å². The van der Waals surface area contributed by atoms with Crippen molar-refractivity contribution in [2.45, 2.75) is 51.8 Å². The summed E-state index contributed by atoms with van der Waals surface area (Å²) in [6.07, 6.45) is 0.966. The van der Waals surface area contributed by atoms with Gasteiger partial charge in [-0.3, -0.25) is 4.79 Å². The minimum atomic E-state index is -0.581. The van der Waals surface area contributed by atoms with E-state index in [-0.39, 0.29) is 11.9 Å². The Labute approximate surface area is 86.9 Å². The lowest BCUT2D eigenvalue weighted by Crippen LogP contribution is -2.45. The molecule has 2 nitrogen and oxygen atoms in total. The average Bonchev–Trinajstić information content (AvgIpc) is 1.96. The van der Waals surface area contributed by atoms with Crippen LogP contribution < -0.4 is 5.32 Å². The van der Waals surface area contributed by atoms with Crippen molar-refractivity contribution in [3.63, 3.8) is 0 Å². The quantitative estimate of drug-likeness (QED) is 0.674. The number of thiol groups is 1. The zero-order valence-corrected chi connectivity index (χ0v) is 10.1. The van der Waals surface area contributed by atoms with E-state index in [4.69, 9.17) is 0 Å². The fourth-order valence-corrected chi connectivity index (χ4v) is 1.15. The summed E-state index contributed by atoms with van der Waals surface area (Å²) in [6.45, 7) is 9.91. The third-order valence-electron chi connectivity index (χ3n) is 2.12. The Bertz CT molecular complexity index is 172. The van der Waals surface area contributed by atoms with E-state index in [2.05, 4.69) is 38.7 Å². The van der Waals surface area contributed by atoms with E-state index >= 15 is 0 Å². The van der Waals surface area contributed by atoms with Gasteiger partial charge >= 0.3 is 0 Å². The lowest BCUT2D eigenvalue weighted by Gasteiger charge is -2.25. The molecule has 3 heteroatoms. The first kappa shape index (κ1) is 12.8. The highest BCUT2D eigenvalue weighted by Gasteiger charge is 2.25. The van der Waals surface area contributed by atoms with Crippen LogP contribution >= 0.6 is 12.6 Å². The molecule has 0 radical (unpaired) electrons. The van der Waals surface area contributed by atoms with Crippen LogP contribution in [-0.2, 0) is 4.79 Å². The summed E-state index contributed by atoms with van der Waals surface area (Å²) in [5.41, 5.74) is 0. The number of hydrogen-bond acceptors (Lipinski definition) is 2. The van der Waals surface area contributed by atoms with Gasteiger partial charge in [0.1, 0.15) is 0 Å². The summed E-state index contributed by atoms with van der Waals surface area (Å²) in [4.78, 5) is 11.6. The number of rotatable bonds is 4. The predicted octanol–water partition coefficient (Wildman–Crippen LogP) is 2.25. The first-order chi connectivity index (χ1) is 5.79. The molecule has 1 N–H and O–H groups in total. The van der Waals surface area contributed by atoms with Crippen LogP contribution in [-0.4, -0.2) is 16.7 Å². The molecule has 78 valence electrons. The molecule has 0 aromatic heterocycles. The van der Waals surface area contributed by atoms with Gasteiger partial charge in [-0.2, -0.15) is 12.6 Å². The van der Waals surface area contributed by atoms with Crippen LogP contribution in [0.2, 0.25) is 0 Å². The van der Waals surface area contributed by atoms with Crippen molar-refractivity contribution < 1.29 is 4.79 Å². The Morgan fingerprint density at radius 1 is 1.46 bits per heavy atom. The molecule has 1 unspecified atom stereocenters. The first-order valence-electron chi connectivity index (χ1n) is 4.82. The van der Waals surface area contributed by atoms with Crippen LogP contribution in [0.4, 0.5) is 0 Å². The smallest absolute Gasteiger partial charge is 0.235 e. The minimum Gasteiger partial charge on any atom is -0.352 e. The normalized spacial score (nSPS) is 14.4. The van der Waals surface area contributed by atoms with Crippen LogP contribution in [0.15, 0.2) is 0 Å². The molecule has 0 aliphatic heterocycles. The van der Waals surface area contributed by atoms with E-state index in [0.29, 0.717) is 5.92 Å². The van der Waals surface area contributed by atoms with Gasteiger partial charge in [0.2, 0.25) is 5.91 Å². The third kappa shape index (κ3) is 4.55. The maximum Gasteiger partial charge on any atom is 0.235 e. The second-order valence-corrected chi connectivity index (χ2v) is 5.41. The van der Waals surface area contributed by atoms with Gasteiger partial charge in [0.25, 0.3) is 0 Å². The zero-order chi connectivity index (χ0) is 10.6. The highest BCUT2D eigenvalue weighted by atomic mass is 32.1. The van der Waals surface area contributed by atoms with Gasteiger partial charge in [0, 0.05) is 6.04 Å². The topological polar surface area (TPSA) is 29.1 Å². The molecular formula is C10H21NOS. The first-order valence-corrected chi connectivity index (χ1v) is 5.27. The number of carbonyl (C=O) groups is 1. The molecular weight excluding hydrogens is 182 g/mol. The number of nitrogens with one attached hydrogen (secondary N) is 1. The van der Waals surface area contributed by atoms with E-state index in [0.717, 1.165) is 6.42 Å². The Morgan fingerprint density at radius 3 is 2.15 bits per heavy atom. The summed E-state index contributed by atoms with van der Waals surface area (Å²) in [6, 6.07) is 0.263. The van der Waals surface area contributed by atoms with Gasteiger partial charge in [0.15, 0.2) is 0 Å². The summed E-state index contributed by atoms with van der Waals surface area (Å²) >= 11 is 4.22. The van der Waals surface area contributed by atoms with Gasteiger partial charge < -0.3 is 5.32 Å². The minimum absolute atomic E-state index is 0.0105. The average molecular weight is 203 g/mol. The fourth-order valence-electron chi connectivity index (χ4n) is 1.09. The SMILES string of the molecule is CCC(NC(=O)C(C)(C)S)C(C)C. The molecule has 0 rings (SSSR count). The molecule has 13 heavy (non-hydrogen) atoms. The van der Waals surface area contributed by atoms with Crippen molar-refractivity contribution in [1.82, 2.24) is 5.32 Å². The summed E-state index contributed by atoms with van der Waals surface area (Å²) in [5, 5.41) is 2.99. The third-order valence-corrected chi connectivity index (χ3v) is 2.32. The summed E-state index contributed by atoms with van der Waals surface area (Å²) in [7, 11) is 0. The van der Waals surface area contributed by atoms with E-state index in [1.807, 2.05) is 0 Å². The molecule has 0 bridgehead atoms. The monoisotopic (exact) mass is 203 g/mol. The molecule has 0 aromatic carbocycles. The molecule has 0 heterocycles. The second kappa shape index (κ2) is 4.89. The summed E-state index contributed by atoms with van der Waals surface area (Å²) < 4.78 is -0.581. The Morgan fingerprint density at radius 2 is 1.92 bits per heavy atom. The molecule has 1 atom stereocenters. The van der Waals surface area contributed by atoms with Crippen molar-refractivity contribution in [3.05, 3.63) is 0 Å². The van der Waals surface area contributed by atoms with Gasteiger partial charge in [0.05, 0.1) is 4.75 Å². The van der Waals surface area contributed by atoms with Gasteiger partial charge in [-0.05, 0) is 26.2 Å². The van der Waals surface area contributed by atoms with E-state index in [9.17, 15) is 4.79 Å². The maximum absolute atomic E-state index is 11.6. The highest BCUT2D eigenvalue weighted by Crippen LogP contribution is 2.14. The predicted molar refractivity (Wildman–Crippen MR) is 60.1 cm³/mol. The van der Waals surface area contributed by atoms with E-state index in [1.54, 1.807) is 13.8 Å². The van der Waals surface area contributed by atoms with Crippen molar-refractivity contribution >= 4 is 18.5 Å². The van der Waals surface area contributed by atoms with E-state index < -0.39 is 4.75 Å². The number of amides is 1. The lowest BCUT2D eigenvalue weighted by molar-refractivity contribution is -0.123.